The third-order valence-corrected chi connectivity index (χ3v) is 10.2. The summed E-state index contributed by atoms with van der Waals surface area (Å²) in [5.74, 6) is 1.05. The van der Waals surface area contributed by atoms with Gasteiger partial charge in [0, 0.05) is 42.1 Å². The van der Waals surface area contributed by atoms with Crippen molar-refractivity contribution < 1.29 is 37.3 Å². The second-order valence-corrected chi connectivity index (χ2v) is 14.2. The Bertz CT molecular complexity index is 1810. The standard InChI is InChI=1S/C36H37BrN2O8S/c1-44-30-21-25(22-31(23-30)45-2)24-38-35(41)36(17-20-48(42,43)32-7-4-3-5-8-32)33(26-9-13-28(37)14-10-26)47-34(39-36)27-11-15-29(16-12-27)46-19-6-18-40/h3-5,7-16,21-23,33,40H,6,17-20,24H2,1-2H3,(H,38,41)/t33-,36-/m1/s1. The highest BCUT2D eigenvalue weighted by molar-refractivity contribution is 9.10. The molecule has 48 heavy (non-hydrogen) atoms. The van der Waals surface area contributed by atoms with Crippen LogP contribution in [0.5, 0.6) is 17.2 Å². The Kier molecular flexibility index (Phi) is 11.4. The smallest absolute Gasteiger partial charge is 0.252 e. The molecule has 0 fully saturated rings. The number of aliphatic hydroxyl groups is 1. The van der Waals surface area contributed by atoms with E-state index in [0.717, 1.165) is 4.47 Å². The molecule has 1 aliphatic heterocycles. The van der Waals surface area contributed by atoms with Crippen LogP contribution >= 0.6 is 15.9 Å². The van der Waals surface area contributed by atoms with Gasteiger partial charge in [-0.1, -0.05) is 46.3 Å². The lowest BCUT2D eigenvalue weighted by Gasteiger charge is -2.30. The molecule has 0 unspecified atom stereocenters. The van der Waals surface area contributed by atoms with Crippen molar-refractivity contribution in [3.05, 3.63) is 118 Å². The average molecular weight is 738 g/mol. The van der Waals surface area contributed by atoms with Crippen LogP contribution in [0.4, 0.5) is 0 Å². The van der Waals surface area contributed by atoms with E-state index in [4.69, 9.17) is 29.0 Å². The van der Waals surface area contributed by atoms with E-state index >= 15 is 0 Å². The lowest BCUT2D eigenvalue weighted by Crippen LogP contribution is -2.49. The zero-order valence-corrected chi connectivity index (χ0v) is 29.0. The molecular formula is C36H37BrN2O8S. The molecule has 0 spiro atoms. The Balaban J connectivity index is 1.55. The number of halogens is 1. The number of benzene rings is 4. The lowest BCUT2D eigenvalue weighted by molar-refractivity contribution is -0.129. The van der Waals surface area contributed by atoms with E-state index in [2.05, 4.69) is 21.2 Å². The molecule has 12 heteroatoms. The first-order valence-corrected chi connectivity index (χ1v) is 17.8. The van der Waals surface area contributed by atoms with Crippen LogP contribution in [0, 0.1) is 0 Å². The highest BCUT2D eigenvalue weighted by Crippen LogP contribution is 2.43. The number of nitrogens with zero attached hydrogens (tertiary/aromatic N) is 1. The molecule has 0 aromatic heterocycles. The van der Waals surface area contributed by atoms with Crippen molar-refractivity contribution in [2.75, 3.05) is 33.2 Å². The van der Waals surface area contributed by atoms with Gasteiger partial charge in [-0.05, 0) is 71.8 Å². The van der Waals surface area contributed by atoms with Crippen molar-refractivity contribution in [2.24, 2.45) is 4.99 Å². The molecular weight excluding hydrogens is 700 g/mol. The van der Waals surface area contributed by atoms with Crippen LogP contribution in [0.1, 0.15) is 35.6 Å². The van der Waals surface area contributed by atoms with E-state index in [9.17, 15) is 13.2 Å². The van der Waals surface area contributed by atoms with E-state index in [1.807, 2.05) is 24.3 Å². The second kappa shape index (κ2) is 15.7. The fourth-order valence-corrected chi connectivity index (χ4v) is 7.00. The number of hydrogen-bond donors (Lipinski definition) is 2. The van der Waals surface area contributed by atoms with Crippen LogP contribution in [-0.4, -0.2) is 64.1 Å². The van der Waals surface area contributed by atoms with Gasteiger partial charge >= 0.3 is 0 Å². The predicted octanol–water partition coefficient (Wildman–Crippen LogP) is 5.66. The maximum absolute atomic E-state index is 14.5. The maximum Gasteiger partial charge on any atom is 0.252 e. The lowest BCUT2D eigenvalue weighted by atomic mass is 9.85. The summed E-state index contributed by atoms with van der Waals surface area (Å²) in [5.41, 5.74) is 0.289. The first-order chi connectivity index (χ1) is 23.2. The molecule has 252 valence electrons. The third kappa shape index (κ3) is 8.18. The molecule has 1 heterocycles. The zero-order chi connectivity index (χ0) is 34.1. The SMILES string of the molecule is COc1cc(CNC(=O)[C@]2(CCS(=O)(=O)c3ccccc3)N=C(c3ccc(OCCCO)cc3)O[C@@H]2c2ccc(Br)cc2)cc(OC)c1. The largest absolute Gasteiger partial charge is 0.497 e. The topological polar surface area (TPSA) is 133 Å². The van der Waals surface area contributed by atoms with Crippen LogP contribution in [0.3, 0.4) is 0 Å². The van der Waals surface area contributed by atoms with Crippen molar-refractivity contribution in [3.8, 4) is 17.2 Å². The molecule has 1 amide bonds. The quantitative estimate of drug-likeness (QED) is 0.149. The fourth-order valence-electron chi connectivity index (χ4n) is 5.35. The Morgan fingerprint density at radius 3 is 2.23 bits per heavy atom. The Labute approximate surface area is 288 Å². The van der Waals surface area contributed by atoms with Gasteiger partial charge in [0.1, 0.15) is 17.2 Å². The molecule has 0 saturated heterocycles. The summed E-state index contributed by atoms with van der Waals surface area (Å²) in [6, 6.07) is 27.8. The first kappa shape index (κ1) is 34.9. The number of sulfone groups is 1. The van der Waals surface area contributed by atoms with E-state index in [1.54, 1.807) is 74.9 Å². The molecule has 1 aliphatic rings. The van der Waals surface area contributed by atoms with E-state index in [0.29, 0.717) is 47.0 Å². The predicted molar refractivity (Wildman–Crippen MR) is 185 cm³/mol. The van der Waals surface area contributed by atoms with Crippen LogP contribution < -0.4 is 19.5 Å². The van der Waals surface area contributed by atoms with Gasteiger partial charge in [-0.3, -0.25) is 4.79 Å². The number of carbonyl (C=O) groups is 1. The molecule has 0 saturated carbocycles. The summed E-state index contributed by atoms with van der Waals surface area (Å²) in [5, 5.41) is 12.1. The minimum atomic E-state index is -3.80. The summed E-state index contributed by atoms with van der Waals surface area (Å²) in [6.45, 7) is 0.476. The highest BCUT2D eigenvalue weighted by Gasteiger charge is 2.53. The molecule has 10 nitrogen and oxygen atoms in total. The zero-order valence-electron chi connectivity index (χ0n) is 26.6. The van der Waals surface area contributed by atoms with Crippen molar-refractivity contribution in [2.45, 2.75) is 35.9 Å². The Hall–Kier alpha value is -4.39. The van der Waals surface area contributed by atoms with Gasteiger partial charge in [-0.25, -0.2) is 13.4 Å². The second-order valence-electron chi connectivity index (χ2n) is 11.1. The minimum absolute atomic E-state index is 0.0235. The first-order valence-electron chi connectivity index (χ1n) is 15.3. The van der Waals surface area contributed by atoms with E-state index in [1.165, 1.54) is 12.1 Å². The van der Waals surface area contributed by atoms with Crippen molar-refractivity contribution in [1.29, 1.82) is 0 Å². The number of carbonyl (C=O) groups excluding carboxylic acids is 1. The molecule has 4 aromatic carbocycles. The number of nitrogens with one attached hydrogen (secondary N) is 1. The van der Waals surface area contributed by atoms with Gasteiger partial charge in [0.25, 0.3) is 5.91 Å². The summed E-state index contributed by atoms with van der Waals surface area (Å²) in [4.78, 5) is 19.6. The third-order valence-electron chi connectivity index (χ3n) is 7.92. The van der Waals surface area contributed by atoms with E-state index in [-0.39, 0.29) is 36.1 Å². The molecule has 2 atom stereocenters. The Morgan fingerprint density at radius 2 is 1.60 bits per heavy atom. The highest BCUT2D eigenvalue weighted by atomic mass is 79.9. The van der Waals surface area contributed by atoms with Gasteiger partial charge in [-0.15, -0.1) is 0 Å². The van der Waals surface area contributed by atoms with E-state index < -0.39 is 27.4 Å². The number of methoxy groups -OCH3 is 2. The molecule has 2 N–H and O–H groups in total. The summed E-state index contributed by atoms with van der Waals surface area (Å²) in [7, 11) is -0.708. The molecule has 0 aliphatic carbocycles. The van der Waals surface area contributed by atoms with Gasteiger partial charge in [0.2, 0.25) is 5.90 Å². The number of hydrogen-bond acceptors (Lipinski definition) is 9. The van der Waals surface area contributed by atoms with Crippen LogP contribution in [0.2, 0.25) is 0 Å². The summed E-state index contributed by atoms with van der Waals surface area (Å²) < 4.78 is 51.0. The molecule has 0 radical (unpaired) electrons. The number of ether oxygens (including phenoxy) is 4. The number of aliphatic hydroxyl groups excluding tert-OH is 1. The minimum Gasteiger partial charge on any atom is -0.497 e. The van der Waals surface area contributed by atoms with Gasteiger partial charge in [0.05, 0.1) is 31.5 Å². The van der Waals surface area contributed by atoms with Crippen molar-refractivity contribution in [3.63, 3.8) is 0 Å². The normalized spacial score (nSPS) is 17.2. The molecule has 5 rings (SSSR count). The van der Waals surface area contributed by atoms with Gasteiger partial charge < -0.3 is 29.4 Å². The number of aliphatic imine (C=N–C) groups is 1. The average Bonchev–Trinajstić information content (AvgIpc) is 3.51. The Morgan fingerprint density at radius 1 is 0.938 bits per heavy atom. The monoisotopic (exact) mass is 736 g/mol. The summed E-state index contributed by atoms with van der Waals surface area (Å²) >= 11 is 3.47. The van der Waals surface area contributed by atoms with Crippen LogP contribution in [0.25, 0.3) is 0 Å². The van der Waals surface area contributed by atoms with Gasteiger partial charge in [0.15, 0.2) is 21.5 Å². The fraction of sp³-hybridized carbons (Fsp3) is 0.278. The molecule has 0 bridgehead atoms. The van der Waals surface area contributed by atoms with Gasteiger partial charge in [-0.2, -0.15) is 0 Å². The maximum atomic E-state index is 14.5. The number of rotatable bonds is 15. The van der Waals surface area contributed by atoms with Crippen LogP contribution in [0.15, 0.2) is 111 Å². The summed E-state index contributed by atoms with van der Waals surface area (Å²) in [6.07, 6.45) is -0.616. The molecule has 4 aromatic rings. The van der Waals surface area contributed by atoms with Crippen molar-refractivity contribution in [1.82, 2.24) is 5.32 Å². The van der Waals surface area contributed by atoms with Crippen molar-refractivity contribution >= 4 is 37.6 Å². The number of amides is 1. The van der Waals surface area contributed by atoms with Crippen LogP contribution in [-0.2, 0) is 25.9 Å².